The fourth-order valence-corrected chi connectivity index (χ4v) is 5.56. The molecular formula is C25H30N6O3S. The molecule has 0 saturated carbocycles. The number of aliphatic hydroxyl groups excluding tert-OH is 1. The van der Waals surface area contributed by atoms with Crippen molar-refractivity contribution in [2.24, 2.45) is 5.92 Å². The van der Waals surface area contributed by atoms with E-state index in [1.165, 1.54) is 11.8 Å². The normalized spacial score (nSPS) is 18.9. The van der Waals surface area contributed by atoms with E-state index >= 15 is 0 Å². The van der Waals surface area contributed by atoms with Gasteiger partial charge in [-0.1, -0.05) is 0 Å². The highest BCUT2D eigenvalue weighted by atomic mass is 32.2. The average molecular weight is 495 g/mol. The van der Waals surface area contributed by atoms with Crippen molar-refractivity contribution in [1.29, 1.82) is 0 Å². The molecule has 35 heavy (non-hydrogen) atoms. The summed E-state index contributed by atoms with van der Waals surface area (Å²) in [5, 5.41) is 17.4. The second kappa shape index (κ2) is 10.4. The molecule has 2 aliphatic heterocycles. The Balaban J connectivity index is 1.15. The number of nitrogens with one attached hydrogen (secondary N) is 2. The second-order valence-corrected chi connectivity index (χ2v) is 10.1. The molecule has 0 bridgehead atoms. The first-order valence-corrected chi connectivity index (χ1v) is 12.8. The predicted molar refractivity (Wildman–Crippen MR) is 136 cm³/mol. The zero-order valence-electron chi connectivity index (χ0n) is 20.0. The largest absolute Gasteiger partial charge is 0.481 e. The number of likely N-dealkylation sites (tertiary alicyclic amines) is 1. The van der Waals surface area contributed by atoms with Gasteiger partial charge in [-0.15, -0.1) is 11.8 Å². The molecule has 1 saturated heterocycles. The van der Waals surface area contributed by atoms with Crippen LogP contribution >= 0.6 is 11.8 Å². The van der Waals surface area contributed by atoms with Crippen molar-refractivity contribution in [1.82, 2.24) is 25.2 Å². The van der Waals surface area contributed by atoms with Gasteiger partial charge < -0.3 is 25.4 Å². The molecule has 0 aliphatic carbocycles. The number of aromatic nitrogens is 3. The van der Waals surface area contributed by atoms with E-state index in [4.69, 9.17) is 4.74 Å². The quantitative estimate of drug-likeness (QED) is 0.435. The van der Waals surface area contributed by atoms with Crippen molar-refractivity contribution in [3.8, 4) is 5.88 Å². The van der Waals surface area contributed by atoms with Crippen molar-refractivity contribution in [2.75, 3.05) is 44.4 Å². The predicted octanol–water partition coefficient (Wildman–Crippen LogP) is 2.53. The average Bonchev–Trinajstić information content (AvgIpc) is 3.30. The molecule has 2 aliphatic rings. The van der Waals surface area contributed by atoms with Gasteiger partial charge in [-0.2, -0.15) is 0 Å². The van der Waals surface area contributed by atoms with Gasteiger partial charge in [0.2, 0.25) is 11.8 Å². The van der Waals surface area contributed by atoms with Gasteiger partial charge >= 0.3 is 0 Å². The molecule has 0 spiro atoms. The first kappa shape index (κ1) is 23.9. The SMILES string of the molecule is COc1ccc2nccc([C@H](O)CN3CC[C@@H](CNCc4nc5c(cc4C)SCC(=O)N5)C3)c2n1. The third-order valence-corrected chi connectivity index (χ3v) is 7.61. The van der Waals surface area contributed by atoms with Crippen LogP contribution in [0.15, 0.2) is 35.4 Å². The van der Waals surface area contributed by atoms with Crippen LogP contribution in [0.4, 0.5) is 5.82 Å². The highest BCUT2D eigenvalue weighted by molar-refractivity contribution is 8.00. The summed E-state index contributed by atoms with van der Waals surface area (Å²) < 4.78 is 5.25. The minimum Gasteiger partial charge on any atom is -0.481 e. The van der Waals surface area contributed by atoms with E-state index in [0.29, 0.717) is 42.0 Å². The second-order valence-electron chi connectivity index (χ2n) is 9.12. The smallest absolute Gasteiger partial charge is 0.235 e. The number of nitrogens with zero attached hydrogens (tertiary/aromatic N) is 4. The number of aryl methyl sites for hydroxylation is 1. The molecular weight excluding hydrogens is 464 g/mol. The van der Waals surface area contributed by atoms with Crippen LogP contribution in [0.5, 0.6) is 5.88 Å². The van der Waals surface area contributed by atoms with E-state index < -0.39 is 6.10 Å². The van der Waals surface area contributed by atoms with Crippen LogP contribution in [0.25, 0.3) is 11.0 Å². The van der Waals surface area contributed by atoms with Crippen LogP contribution in [0.2, 0.25) is 0 Å². The van der Waals surface area contributed by atoms with E-state index in [0.717, 1.165) is 53.3 Å². The Bertz CT molecular complexity index is 1240. The fourth-order valence-electron chi connectivity index (χ4n) is 4.71. The number of carbonyl (C=O) groups excluding carboxylic acids is 1. The number of amides is 1. The van der Waals surface area contributed by atoms with Crippen molar-refractivity contribution in [2.45, 2.75) is 30.9 Å². The summed E-state index contributed by atoms with van der Waals surface area (Å²) >= 11 is 1.53. The lowest BCUT2D eigenvalue weighted by Crippen LogP contribution is -2.29. The molecule has 1 amide bonds. The molecule has 0 unspecified atom stereocenters. The van der Waals surface area contributed by atoms with Crippen LogP contribution in [0.3, 0.4) is 0 Å². The zero-order valence-corrected chi connectivity index (χ0v) is 20.8. The summed E-state index contributed by atoms with van der Waals surface area (Å²) in [5.41, 5.74) is 4.29. The number of ether oxygens (including phenoxy) is 1. The zero-order chi connectivity index (χ0) is 24.4. The third kappa shape index (κ3) is 5.40. The molecule has 3 aromatic heterocycles. The molecule has 0 aromatic carbocycles. The number of carbonyl (C=O) groups is 1. The summed E-state index contributed by atoms with van der Waals surface area (Å²) in [5.74, 6) is 2.13. The molecule has 5 heterocycles. The van der Waals surface area contributed by atoms with E-state index in [2.05, 4.69) is 43.5 Å². The summed E-state index contributed by atoms with van der Waals surface area (Å²) in [6.45, 7) is 6.03. The topological polar surface area (TPSA) is 113 Å². The van der Waals surface area contributed by atoms with Gasteiger partial charge in [-0.3, -0.25) is 9.78 Å². The van der Waals surface area contributed by atoms with Crippen LogP contribution in [-0.2, 0) is 11.3 Å². The number of anilines is 1. The van der Waals surface area contributed by atoms with E-state index in [1.54, 1.807) is 19.4 Å². The minimum atomic E-state index is -0.651. The number of methoxy groups -OCH3 is 1. The number of thioether (sulfide) groups is 1. The van der Waals surface area contributed by atoms with E-state index in [9.17, 15) is 9.90 Å². The molecule has 10 heteroatoms. The maximum atomic E-state index is 11.7. The standard InChI is InChI=1S/C25H30N6O3S/c1-15-9-21-25(29-22(33)14-35-21)28-19(15)11-26-10-16-6-8-31(12-16)13-20(32)17-5-7-27-18-3-4-23(34-2)30-24(17)18/h3-5,7,9,16,20,26,32H,6,8,10-14H2,1-2H3,(H,28,29,33)/t16-,20+/m0/s1. The molecule has 184 valence electrons. The molecule has 0 radical (unpaired) electrons. The van der Waals surface area contributed by atoms with Gasteiger partial charge in [-0.25, -0.2) is 9.97 Å². The van der Waals surface area contributed by atoms with Crippen molar-refractivity contribution < 1.29 is 14.6 Å². The Hall–Kier alpha value is -2.79. The minimum absolute atomic E-state index is 0.000628. The summed E-state index contributed by atoms with van der Waals surface area (Å²) in [6.07, 6.45) is 2.14. The fraction of sp³-hybridized carbons (Fsp3) is 0.440. The van der Waals surface area contributed by atoms with E-state index in [1.807, 2.05) is 12.1 Å². The van der Waals surface area contributed by atoms with Crippen LogP contribution in [-0.4, -0.2) is 69.9 Å². The number of hydrogen-bond donors (Lipinski definition) is 3. The van der Waals surface area contributed by atoms with Crippen molar-refractivity contribution in [3.63, 3.8) is 0 Å². The first-order chi connectivity index (χ1) is 17.0. The Morgan fingerprint density at radius 1 is 1.34 bits per heavy atom. The van der Waals surface area contributed by atoms with Gasteiger partial charge in [0.25, 0.3) is 0 Å². The summed E-state index contributed by atoms with van der Waals surface area (Å²) in [6, 6.07) is 7.58. The Morgan fingerprint density at radius 2 is 2.23 bits per heavy atom. The lowest BCUT2D eigenvalue weighted by Gasteiger charge is -2.21. The lowest BCUT2D eigenvalue weighted by atomic mass is 10.1. The Labute approximate surface area is 208 Å². The summed E-state index contributed by atoms with van der Waals surface area (Å²) in [4.78, 5) is 28.6. The Kier molecular flexibility index (Phi) is 7.14. The highest BCUT2D eigenvalue weighted by Gasteiger charge is 2.26. The molecule has 2 atom stereocenters. The van der Waals surface area contributed by atoms with Gasteiger partial charge in [0.1, 0.15) is 5.82 Å². The maximum Gasteiger partial charge on any atom is 0.235 e. The van der Waals surface area contributed by atoms with Crippen LogP contribution < -0.4 is 15.4 Å². The molecule has 9 nitrogen and oxygen atoms in total. The van der Waals surface area contributed by atoms with E-state index in [-0.39, 0.29) is 5.91 Å². The van der Waals surface area contributed by atoms with Crippen molar-refractivity contribution >= 4 is 34.5 Å². The first-order valence-electron chi connectivity index (χ1n) is 11.8. The highest BCUT2D eigenvalue weighted by Crippen LogP contribution is 2.31. The molecule has 1 fully saturated rings. The number of fused-ring (bicyclic) bond motifs is 2. The lowest BCUT2D eigenvalue weighted by molar-refractivity contribution is -0.113. The number of pyridine rings is 3. The number of β-amino-alcohol motifs (C(OH)–C–C–N with tert-alkyl or cyclic N) is 1. The molecule has 3 aromatic rings. The number of aliphatic hydroxyl groups is 1. The van der Waals surface area contributed by atoms with Gasteiger partial charge in [-0.05, 0) is 56.1 Å². The molecule has 5 rings (SSSR count). The monoisotopic (exact) mass is 494 g/mol. The van der Waals surface area contributed by atoms with Gasteiger partial charge in [0.15, 0.2) is 0 Å². The molecule has 3 N–H and O–H groups in total. The number of rotatable bonds is 8. The Morgan fingerprint density at radius 3 is 3.09 bits per heavy atom. The maximum absolute atomic E-state index is 11.7. The van der Waals surface area contributed by atoms with Crippen LogP contribution in [0.1, 0.15) is 29.3 Å². The van der Waals surface area contributed by atoms with Crippen LogP contribution in [0, 0.1) is 12.8 Å². The van der Waals surface area contributed by atoms with Gasteiger partial charge in [0.05, 0.1) is 40.6 Å². The van der Waals surface area contributed by atoms with Crippen molar-refractivity contribution in [3.05, 3.63) is 47.3 Å². The number of hydrogen-bond acceptors (Lipinski definition) is 9. The summed E-state index contributed by atoms with van der Waals surface area (Å²) in [7, 11) is 1.58. The third-order valence-electron chi connectivity index (χ3n) is 6.58. The van der Waals surface area contributed by atoms with Gasteiger partial charge in [0, 0.05) is 37.5 Å².